The van der Waals surface area contributed by atoms with Crippen LogP contribution in [-0.2, 0) is 0 Å². The second kappa shape index (κ2) is 5.69. The van der Waals surface area contributed by atoms with E-state index in [4.69, 9.17) is 5.84 Å². The van der Waals surface area contributed by atoms with Crippen LogP contribution in [0.5, 0.6) is 0 Å². The zero-order chi connectivity index (χ0) is 10.5. The van der Waals surface area contributed by atoms with Crippen LogP contribution < -0.4 is 11.3 Å². The van der Waals surface area contributed by atoms with Crippen LogP contribution in [0.15, 0.2) is 18.7 Å². The fourth-order valence-electron chi connectivity index (χ4n) is 1.59. The second-order valence-corrected chi connectivity index (χ2v) is 5.80. The van der Waals surface area contributed by atoms with Gasteiger partial charge in [0.25, 0.3) is 0 Å². The summed E-state index contributed by atoms with van der Waals surface area (Å²) in [5.74, 6) is 9.18. The summed E-state index contributed by atoms with van der Waals surface area (Å²) in [6, 6.07) is 0.156. The third-order valence-electron chi connectivity index (χ3n) is 2.33. The van der Waals surface area contributed by atoms with E-state index in [1.165, 1.54) is 11.5 Å². The Labute approximate surface area is 97.8 Å². The number of aromatic nitrogens is 2. The number of rotatable bonds is 3. The molecule has 1 fully saturated rings. The molecule has 1 aliphatic rings. The molecule has 1 saturated heterocycles. The third-order valence-corrected chi connectivity index (χ3v) is 5.20. The summed E-state index contributed by atoms with van der Waals surface area (Å²) in [6.45, 7) is 0. The lowest BCUT2D eigenvalue weighted by Gasteiger charge is -2.28. The average Bonchev–Trinajstić information content (AvgIpc) is 2.33. The minimum atomic E-state index is 0.156. The molecule has 6 heteroatoms. The Bertz CT molecular complexity index is 289. The highest BCUT2D eigenvalue weighted by Crippen LogP contribution is 2.32. The van der Waals surface area contributed by atoms with Gasteiger partial charge in [0.05, 0.1) is 6.04 Å². The maximum Gasteiger partial charge on any atom is 0.115 e. The molecule has 1 aromatic heterocycles. The molecule has 4 nitrogen and oxygen atoms in total. The van der Waals surface area contributed by atoms with Crippen molar-refractivity contribution < 1.29 is 0 Å². The summed E-state index contributed by atoms with van der Waals surface area (Å²) >= 11 is 3.96. The summed E-state index contributed by atoms with van der Waals surface area (Å²) in [6.07, 6.45) is 5.20. The Morgan fingerprint density at radius 2 is 2.20 bits per heavy atom. The van der Waals surface area contributed by atoms with Crippen molar-refractivity contribution >= 4 is 23.5 Å². The van der Waals surface area contributed by atoms with Crippen LogP contribution in [0.1, 0.15) is 11.6 Å². The molecule has 0 spiro atoms. The van der Waals surface area contributed by atoms with Crippen LogP contribution in [-0.4, -0.2) is 32.5 Å². The van der Waals surface area contributed by atoms with E-state index in [1.54, 1.807) is 6.33 Å². The van der Waals surface area contributed by atoms with Gasteiger partial charge in [0.1, 0.15) is 6.33 Å². The fraction of sp³-hybridized carbons (Fsp3) is 0.556. The number of thioether (sulfide) groups is 2. The zero-order valence-electron chi connectivity index (χ0n) is 8.30. The first-order chi connectivity index (χ1) is 7.42. The van der Waals surface area contributed by atoms with Crippen molar-refractivity contribution in [3.63, 3.8) is 0 Å². The highest BCUT2D eigenvalue weighted by molar-refractivity contribution is 8.06. The van der Waals surface area contributed by atoms with Crippen LogP contribution in [0, 0.1) is 0 Å². The Kier molecular flexibility index (Phi) is 4.25. The van der Waals surface area contributed by atoms with Crippen molar-refractivity contribution in [3.8, 4) is 0 Å². The van der Waals surface area contributed by atoms with Gasteiger partial charge in [-0.15, -0.1) is 0 Å². The van der Waals surface area contributed by atoms with E-state index in [-0.39, 0.29) is 6.04 Å². The van der Waals surface area contributed by atoms with Crippen molar-refractivity contribution in [2.24, 2.45) is 5.84 Å². The zero-order valence-corrected chi connectivity index (χ0v) is 9.93. The lowest BCUT2D eigenvalue weighted by atomic mass is 10.1. The topological polar surface area (TPSA) is 63.8 Å². The molecule has 0 amide bonds. The normalized spacial score (nSPS) is 23.7. The van der Waals surface area contributed by atoms with E-state index in [2.05, 4.69) is 15.4 Å². The molecule has 1 aromatic rings. The maximum atomic E-state index is 5.61. The van der Waals surface area contributed by atoms with Crippen molar-refractivity contribution in [1.29, 1.82) is 0 Å². The van der Waals surface area contributed by atoms with Crippen LogP contribution in [0.2, 0.25) is 0 Å². The molecular formula is C9H14N4S2. The molecule has 2 rings (SSSR count). The maximum absolute atomic E-state index is 5.61. The van der Waals surface area contributed by atoms with E-state index in [0.717, 1.165) is 11.3 Å². The smallest absolute Gasteiger partial charge is 0.115 e. The van der Waals surface area contributed by atoms with Gasteiger partial charge < -0.3 is 0 Å². The van der Waals surface area contributed by atoms with Gasteiger partial charge in [0.15, 0.2) is 0 Å². The Balaban J connectivity index is 2.09. The number of hydrogen-bond acceptors (Lipinski definition) is 6. The van der Waals surface area contributed by atoms with Gasteiger partial charge in [-0.2, -0.15) is 23.5 Å². The first-order valence-corrected chi connectivity index (χ1v) is 7.02. The van der Waals surface area contributed by atoms with Crippen molar-refractivity contribution in [3.05, 3.63) is 24.3 Å². The quantitative estimate of drug-likeness (QED) is 0.604. The minimum Gasteiger partial charge on any atom is -0.271 e. The standard InChI is InChI=1S/C9H14N4S2/c10-13-9(7-3-11-6-12-4-7)8-5-14-1-2-15-8/h3-4,6,8-9,13H,1-2,5,10H2. The average molecular weight is 242 g/mol. The van der Waals surface area contributed by atoms with E-state index < -0.39 is 0 Å². The number of nitrogens with two attached hydrogens (primary N) is 1. The highest BCUT2D eigenvalue weighted by atomic mass is 32.2. The van der Waals surface area contributed by atoms with Crippen molar-refractivity contribution in [2.45, 2.75) is 11.3 Å². The Morgan fingerprint density at radius 3 is 2.80 bits per heavy atom. The lowest BCUT2D eigenvalue weighted by Crippen LogP contribution is -2.37. The number of hydrogen-bond donors (Lipinski definition) is 2. The third kappa shape index (κ3) is 2.84. The molecule has 15 heavy (non-hydrogen) atoms. The predicted molar refractivity (Wildman–Crippen MR) is 65.7 cm³/mol. The number of nitrogens with zero attached hydrogens (tertiary/aromatic N) is 2. The molecule has 2 atom stereocenters. The molecule has 3 N–H and O–H groups in total. The molecule has 0 bridgehead atoms. The lowest BCUT2D eigenvalue weighted by molar-refractivity contribution is 0.549. The number of hydrazine groups is 1. The monoisotopic (exact) mass is 242 g/mol. The Morgan fingerprint density at radius 1 is 1.40 bits per heavy atom. The van der Waals surface area contributed by atoms with Crippen LogP contribution in [0.3, 0.4) is 0 Å². The fourth-order valence-corrected chi connectivity index (χ4v) is 4.44. The minimum absolute atomic E-state index is 0.156. The molecule has 0 saturated carbocycles. The molecule has 1 aliphatic heterocycles. The van der Waals surface area contributed by atoms with Gasteiger partial charge >= 0.3 is 0 Å². The van der Waals surface area contributed by atoms with Crippen LogP contribution in [0.25, 0.3) is 0 Å². The molecule has 2 unspecified atom stereocenters. The number of nitrogens with one attached hydrogen (secondary N) is 1. The SMILES string of the molecule is NNC(c1cncnc1)C1CSCCS1. The first-order valence-electron chi connectivity index (χ1n) is 4.82. The van der Waals surface area contributed by atoms with Gasteiger partial charge in [-0.05, 0) is 0 Å². The van der Waals surface area contributed by atoms with Gasteiger partial charge in [-0.3, -0.25) is 11.3 Å². The van der Waals surface area contributed by atoms with E-state index in [1.807, 2.05) is 35.9 Å². The molecule has 82 valence electrons. The van der Waals surface area contributed by atoms with Gasteiger partial charge in [0.2, 0.25) is 0 Å². The summed E-state index contributed by atoms with van der Waals surface area (Å²) in [5.41, 5.74) is 3.94. The largest absolute Gasteiger partial charge is 0.271 e. The summed E-state index contributed by atoms with van der Waals surface area (Å²) in [7, 11) is 0. The molecule has 0 aromatic carbocycles. The molecule has 0 aliphatic carbocycles. The molecule has 0 radical (unpaired) electrons. The van der Waals surface area contributed by atoms with Gasteiger partial charge in [-0.25, -0.2) is 9.97 Å². The Hall–Kier alpha value is -0.300. The second-order valence-electron chi connectivity index (χ2n) is 3.30. The summed E-state index contributed by atoms with van der Waals surface area (Å²) < 4.78 is 0. The summed E-state index contributed by atoms with van der Waals surface area (Å²) in [5, 5.41) is 0.514. The van der Waals surface area contributed by atoms with Gasteiger partial charge in [0, 0.05) is 40.5 Å². The van der Waals surface area contributed by atoms with Crippen LogP contribution in [0.4, 0.5) is 0 Å². The summed E-state index contributed by atoms with van der Waals surface area (Å²) in [4.78, 5) is 8.05. The van der Waals surface area contributed by atoms with Crippen LogP contribution >= 0.6 is 23.5 Å². The first kappa shape index (κ1) is 11.2. The van der Waals surface area contributed by atoms with E-state index in [9.17, 15) is 0 Å². The van der Waals surface area contributed by atoms with E-state index in [0.29, 0.717) is 5.25 Å². The molecular weight excluding hydrogens is 228 g/mol. The van der Waals surface area contributed by atoms with Crippen molar-refractivity contribution in [2.75, 3.05) is 17.3 Å². The van der Waals surface area contributed by atoms with Crippen molar-refractivity contribution in [1.82, 2.24) is 15.4 Å². The van der Waals surface area contributed by atoms with Gasteiger partial charge in [-0.1, -0.05) is 0 Å². The highest BCUT2D eigenvalue weighted by Gasteiger charge is 2.25. The predicted octanol–water partition coefficient (Wildman–Crippen LogP) is 0.830. The molecule has 2 heterocycles. The van der Waals surface area contributed by atoms with E-state index >= 15 is 0 Å².